The van der Waals surface area contributed by atoms with E-state index in [0.29, 0.717) is 26.2 Å². The summed E-state index contributed by atoms with van der Waals surface area (Å²) in [5, 5.41) is 13.8. The number of nitro groups is 1. The number of methoxy groups -OCH3 is 1. The molecule has 0 bridgehead atoms. The minimum absolute atomic E-state index is 0.0665. The topological polar surface area (TPSA) is 88.0 Å². The van der Waals surface area contributed by atoms with Gasteiger partial charge in [-0.3, -0.25) is 19.8 Å². The second kappa shape index (κ2) is 8.82. The number of anilines is 2. The number of benzene rings is 2. The van der Waals surface area contributed by atoms with Crippen molar-refractivity contribution in [3.05, 3.63) is 58.1 Å². The Morgan fingerprint density at radius 1 is 1.17 bits per heavy atom. The number of nitro benzene ring substituents is 1. The number of hydrogen-bond acceptors (Lipinski definition) is 6. The first-order chi connectivity index (χ1) is 13.9. The third-order valence-electron chi connectivity index (χ3n) is 4.67. The lowest BCUT2D eigenvalue weighted by Crippen LogP contribution is -2.48. The summed E-state index contributed by atoms with van der Waals surface area (Å²) in [6, 6.07) is 8.07. The smallest absolute Gasteiger partial charge is 0.295 e. The van der Waals surface area contributed by atoms with Gasteiger partial charge >= 0.3 is 0 Å². The molecule has 0 unspecified atom stereocenters. The number of amides is 1. The van der Waals surface area contributed by atoms with Gasteiger partial charge < -0.3 is 15.0 Å². The predicted octanol–water partition coefficient (Wildman–Crippen LogP) is 2.64. The number of ether oxygens (including phenoxy) is 1. The van der Waals surface area contributed by atoms with Crippen molar-refractivity contribution in [1.82, 2.24) is 4.90 Å². The zero-order valence-electron chi connectivity index (χ0n) is 15.7. The van der Waals surface area contributed by atoms with Gasteiger partial charge in [0.15, 0.2) is 11.6 Å². The van der Waals surface area contributed by atoms with Crippen molar-refractivity contribution in [2.45, 2.75) is 0 Å². The SMILES string of the molecule is COc1cc(N2CCN(CC(=O)Nc3ccccc3F)CC2)c([N+](=O)[O-])cc1F. The number of carbonyl (C=O) groups excluding carboxylic acids is 1. The van der Waals surface area contributed by atoms with Crippen LogP contribution >= 0.6 is 0 Å². The number of rotatable bonds is 6. The quantitative estimate of drug-likeness (QED) is 0.586. The molecule has 0 aliphatic carbocycles. The highest BCUT2D eigenvalue weighted by Crippen LogP contribution is 2.35. The molecule has 154 valence electrons. The maximum absolute atomic E-state index is 13.8. The van der Waals surface area contributed by atoms with E-state index in [9.17, 15) is 23.7 Å². The summed E-state index contributed by atoms with van der Waals surface area (Å²) in [5.74, 6) is -1.73. The summed E-state index contributed by atoms with van der Waals surface area (Å²) in [6.07, 6.45) is 0. The van der Waals surface area contributed by atoms with Crippen molar-refractivity contribution in [1.29, 1.82) is 0 Å². The molecule has 8 nitrogen and oxygen atoms in total. The van der Waals surface area contributed by atoms with Crippen molar-refractivity contribution in [3.63, 3.8) is 0 Å². The van der Waals surface area contributed by atoms with Crippen LogP contribution in [0.3, 0.4) is 0 Å². The van der Waals surface area contributed by atoms with Gasteiger partial charge in [-0.1, -0.05) is 12.1 Å². The summed E-state index contributed by atoms with van der Waals surface area (Å²) in [6.45, 7) is 1.80. The third-order valence-corrected chi connectivity index (χ3v) is 4.67. The lowest BCUT2D eigenvalue weighted by atomic mass is 10.2. The zero-order chi connectivity index (χ0) is 21.0. The van der Waals surface area contributed by atoms with E-state index in [-0.39, 0.29) is 35.3 Å². The van der Waals surface area contributed by atoms with Gasteiger partial charge in [0, 0.05) is 32.2 Å². The van der Waals surface area contributed by atoms with E-state index < -0.39 is 16.6 Å². The van der Waals surface area contributed by atoms with Crippen LogP contribution in [0.4, 0.5) is 25.8 Å². The van der Waals surface area contributed by atoms with Crippen molar-refractivity contribution in [3.8, 4) is 5.75 Å². The molecule has 1 fully saturated rings. The van der Waals surface area contributed by atoms with Crippen LogP contribution in [-0.4, -0.2) is 55.6 Å². The van der Waals surface area contributed by atoms with E-state index in [1.165, 1.54) is 31.4 Å². The second-order valence-corrected chi connectivity index (χ2v) is 6.52. The molecule has 2 aromatic rings. The zero-order valence-corrected chi connectivity index (χ0v) is 15.7. The van der Waals surface area contributed by atoms with Crippen molar-refractivity contribution < 1.29 is 23.2 Å². The highest BCUT2D eigenvalue weighted by atomic mass is 19.1. The average Bonchev–Trinajstić information content (AvgIpc) is 2.70. The molecule has 0 aromatic heterocycles. The number of hydrogen-bond donors (Lipinski definition) is 1. The molecule has 0 spiro atoms. The maximum Gasteiger partial charge on any atom is 0.295 e. The Morgan fingerprint density at radius 2 is 1.86 bits per heavy atom. The molecule has 3 rings (SSSR count). The molecule has 1 N–H and O–H groups in total. The molecular weight excluding hydrogens is 386 g/mol. The molecule has 2 aromatic carbocycles. The maximum atomic E-state index is 13.8. The highest BCUT2D eigenvalue weighted by molar-refractivity contribution is 5.92. The van der Waals surface area contributed by atoms with Gasteiger partial charge in [-0.25, -0.2) is 8.78 Å². The Morgan fingerprint density at radius 3 is 2.48 bits per heavy atom. The Bertz CT molecular complexity index is 917. The van der Waals surface area contributed by atoms with Gasteiger partial charge in [-0.15, -0.1) is 0 Å². The van der Waals surface area contributed by atoms with E-state index in [1.54, 1.807) is 11.0 Å². The molecule has 1 heterocycles. The number of carbonyl (C=O) groups is 1. The Labute approximate surface area is 165 Å². The third kappa shape index (κ3) is 4.77. The van der Waals surface area contributed by atoms with Crippen molar-refractivity contribution in [2.75, 3.05) is 50.1 Å². The first kappa shape index (κ1) is 20.5. The summed E-state index contributed by atoms with van der Waals surface area (Å²) < 4.78 is 32.4. The summed E-state index contributed by atoms with van der Waals surface area (Å²) in [4.78, 5) is 26.5. The number of nitrogens with one attached hydrogen (secondary N) is 1. The van der Waals surface area contributed by atoms with E-state index in [1.807, 2.05) is 4.90 Å². The van der Waals surface area contributed by atoms with Crippen LogP contribution in [0.5, 0.6) is 5.75 Å². The van der Waals surface area contributed by atoms with E-state index in [2.05, 4.69) is 5.32 Å². The fourth-order valence-corrected chi connectivity index (χ4v) is 3.19. The number of piperazine rings is 1. The van der Waals surface area contributed by atoms with Gasteiger partial charge in [-0.2, -0.15) is 0 Å². The Hall–Kier alpha value is -3.27. The van der Waals surface area contributed by atoms with E-state index in [0.717, 1.165) is 6.07 Å². The van der Waals surface area contributed by atoms with E-state index in [4.69, 9.17) is 4.74 Å². The fraction of sp³-hybridized carbons (Fsp3) is 0.316. The average molecular weight is 406 g/mol. The first-order valence-electron chi connectivity index (χ1n) is 8.92. The van der Waals surface area contributed by atoms with Crippen LogP contribution in [0, 0.1) is 21.7 Å². The minimum atomic E-state index is -0.800. The van der Waals surface area contributed by atoms with Gasteiger partial charge in [0.1, 0.15) is 11.5 Å². The van der Waals surface area contributed by atoms with Gasteiger partial charge in [0.25, 0.3) is 5.69 Å². The summed E-state index contributed by atoms with van der Waals surface area (Å²) in [5.41, 5.74) is 0.0444. The summed E-state index contributed by atoms with van der Waals surface area (Å²) in [7, 11) is 1.29. The minimum Gasteiger partial charge on any atom is -0.494 e. The van der Waals surface area contributed by atoms with Crippen LogP contribution in [0.1, 0.15) is 0 Å². The lowest BCUT2D eigenvalue weighted by Gasteiger charge is -2.35. The second-order valence-electron chi connectivity index (χ2n) is 6.52. The predicted molar refractivity (Wildman–Crippen MR) is 103 cm³/mol. The van der Waals surface area contributed by atoms with Crippen LogP contribution in [0.15, 0.2) is 36.4 Å². The molecule has 0 saturated carbocycles. The molecule has 10 heteroatoms. The molecule has 1 saturated heterocycles. The normalized spacial score (nSPS) is 14.5. The Kier molecular flexibility index (Phi) is 6.23. The standard InChI is InChI=1S/C19H20F2N4O4/c1-29-18-11-16(17(25(27)28)10-14(18)21)24-8-6-23(7-9-24)12-19(26)22-15-5-3-2-4-13(15)20/h2-5,10-11H,6-9,12H2,1H3,(H,22,26). The fourth-order valence-electron chi connectivity index (χ4n) is 3.19. The number of nitrogens with zero attached hydrogens (tertiary/aromatic N) is 3. The molecule has 0 radical (unpaired) electrons. The number of para-hydroxylation sites is 1. The summed E-state index contributed by atoms with van der Waals surface area (Å²) >= 11 is 0. The van der Waals surface area contributed by atoms with Crippen LogP contribution in [0.25, 0.3) is 0 Å². The molecule has 1 amide bonds. The van der Waals surface area contributed by atoms with Gasteiger partial charge in [-0.05, 0) is 12.1 Å². The van der Waals surface area contributed by atoms with Crippen molar-refractivity contribution in [2.24, 2.45) is 0 Å². The molecule has 0 atom stereocenters. The highest BCUT2D eigenvalue weighted by Gasteiger charge is 2.27. The van der Waals surface area contributed by atoms with Gasteiger partial charge in [0.2, 0.25) is 5.91 Å². The van der Waals surface area contributed by atoms with Crippen LogP contribution in [0.2, 0.25) is 0 Å². The van der Waals surface area contributed by atoms with E-state index >= 15 is 0 Å². The monoisotopic (exact) mass is 406 g/mol. The largest absolute Gasteiger partial charge is 0.494 e. The molecule has 1 aliphatic heterocycles. The van der Waals surface area contributed by atoms with Gasteiger partial charge in [0.05, 0.1) is 30.3 Å². The molecular formula is C19H20F2N4O4. The van der Waals surface area contributed by atoms with Crippen LogP contribution < -0.4 is 15.0 Å². The first-order valence-corrected chi connectivity index (χ1v) is 8.92. The lowest BCUT2D eigenvalue weighted by molar-refractivity contribution is -0.384. The Balaban J connectivity index is 1.63. The van der Waals surface area contributed by atoms with Crippen LogP contribution in [-0.2, 0) is 4.79 Å². The molecule has 29 heavy (non-hydrogen) atoms. The molecule has 1 aliphatic rings. The van der Waals surface area contributed by atoms with Crippen molar-refractivity contribution >= 4 is 23.0 Å². The number of halogens is 2.